The summed E-state index contributed by atoms with van der Waals surface area (Å²) in [5.41, 5.74) is 0. The van der Waals surface area contributed by atoms with Crippen molar-refractivity contribution in [2.24, 2.45) is 0 Å². The molecule has 3 heteroatoms. The number of unbranched alkanes of at least 4 members (excludes halogenated alkanes) is 9. The molecule has 1 rings (SSSR count). The van der Waals surface area contributed by atoms with E-state index in [-0.39, 0.29) is 6.29 Å². The van der Waals surface area contributed by atoms with Crippen molar-refractivity contribution in [2.45, 2.75) is 116 Å². The molecule has 0 bridgehead atoms. The first-order valence-corrected chi connectivity index (χ1v) is 12.4. The Labute approximate surface area is 181 Å². The molecule has 2 atom stereocenters. The molecule has 3 nitrogen and oxygen atoms in total. The van der Waals surface area contributed by atoms with Crippen LogP contribution in [0.2, 0.25) is 0 Å². The van der Waals surface area contributed by atoms with Crippen LogP contribution in [0, 0.1) is 0 Å². The van der Waals surface area contributed by atoms with Crippen LogP contribution in [0.25, 0.3) is 0 Å². The standard InChI is InChI=1S/C26H49NO2/c1-4-5-6-7-8-9-10-11-12-13-14-15-16-17-18-19-22-26-28-24-25(29-26)21-20-23-27(2)3/h8-9,11-12,25-26H,4-7,10,13-24H2,1-3H3/b9-8-,12-11-. The van der Waals surface area contributed by atoms with Gasteiger partial charge in [0.05, 0.1) is 12.7 Å². The summed E-state index contributed by atoms with van der Waals surface area (Å²) in [4.78, 5) is 2.23. The molecule has 1 heterocycles. The number of ether oxygens (including phenoxy) is 2. The quantitative estimate of drug-likeness (QED) is 0.166. The van der Waals surface area contributed by atoms with Crippen LogP contribution in [0.5, 0.6) is 0 Å². The first-order chi connectivity index (χ1) is 14.2. The fourth-order valence-corrected chi connectivity index (χ4v) is 3.75. The summed E-state index contributed by atoms with van der Waals surface area (Å²) in [6.07, 6.45) is 28.7. The maximum Gasteiger partial charge on any atom is 0.158 e. The maximum absolute atomic E-state index is 6.01. The van der Waals surface area contributed by atoms with Crippen molar-refractivity contribution in [3.63, 3.8) is 0 Å². The molecular weight excluding hydrogens is 358 g/mol. The zero-order valence-electron chi connectivity index (χ0n) is 19.7. The molecule has 0 saturated carbocycles. The van der Waals surface area contributed by atoms with Gasteiger partial charge in [-0.2, -0.15) is 0 Å². The van der Waals surface area contributed by atoms with Crippen LogP contribution < -0.4 is 0 Å². The molecule has 1 fully saturated rings. The highest BCUT2D eigenvalue weighted by molar-refractivity contribution is 4.92. The normalized spacial score (nSPS) is 20.0. The van der Waals surface area contributed by atoms with E-state index >= 15 is 0 Å². The molecule has 0 aliphatic carbocycles. The smallest absolute Gasteiger partial charge is 0.158 e. The number of allylic oxidation sites excluding steroid dienone is 4. The molecule has 0 aromatic carbocycles. The third-order valence-corrected chi connectivity index (χ3v) is 5.58. The van der Waals surface area contributed by atoms with Crippen molar-refractivity contribution in [3.05, 3.63) is 24.3 Å². The van der Waals surface area contributed by atoms with E-state index in [1.54, 1.807) is 0 Å². The number of hydrogen-bond acceptors (Lipinski definition) is 3. The maximum atomic E-state index is 6.01. The molecule has 1 aliphatic rings. The SMILES string of the molecule is CCCCC/C=C\C/C=C\CCCCCCCCC1OCC(CCCN(C)C)O1. The lowest BCUT2D eigenvalue weighted by Crippen LogP contribution is -2.17. The monoisotopic (exact) mass is 407 g/mol. The Balaban J connectivity index is 1.82. The summed E-state index contributed by atoms with van der Waals surface area (Å²) in [6.45, 7) is 4.19. The van der Waals surface area contributed by atoms with Gasteiger partial charge >= 0.3 is 0 Å². The van der Waals surface area contributed by atoms with E-state index in [1.807, 2.05) is 0 Å². The molecule has 1 aliphatic heterocycles. The highest BCUT2D eigenvalue weighted by Gasteiger charge is 2.24. The summed E-state index contributed by atoms with van der Waals surface area (Å²) in [7, 11) is 4.25. The predicted molar refractivity (Wildman–Crippen MR) is 126 cm³/mol. The zero-order valence-corrected chi connectivity index (χ0v) is 19.7. The van der Waals surface area contributed by atoms with Gasteiger partial charge in [-0.05, 0) is 78.4 Å². The van der Waals surface area contributed by atoms with E-state index in [0.717, 1.165) is 32.4 Å². The fraction of sp³-hybridized carbons (Fsp3) is 0.846. The van der Waals surface area contributed by atoms with Gasteiger partial charge in [-0.15, -0.1) is 0 Å². The van der Waals surface area contributed by atoms with E-state index in [2.05, 4.69) is 50.2 Å². The minimum absolute atomic E-state index is 0.0604. The number of hydrogen-bond donors (Lipinski definition) is 0. The van der Waals surface area contributed by atoms with Crippen molar-refractivity contribution < 1.29 is 9.47 Å². The van der Waals surface area contributed by atoms with Crippen molar-refractivity contribution in [3.8, 4) is 0 Å². The van der Waals surface area contributed by atoms with Crippen LogP contribution in [0.4, 0.5) is 0 Å². The highest BCUT2D eigenvalue weighted by Crippen LogP contribution is 2.21. The molecule has 0 aromatic rings. The molecule has 0 radical (unpaired) electrons. The van der Waals surface area contributed by atoms with Crippen LogP contribution >= 0.6 is 0 Å². The fourth-order valence-electron chi connectivity index (χ4n) is 3.75. The average molecular weight is 408 g/mol. The Hall–Kier alpha value is -0.640. The first kappa shape index (κ1) is 26.4. The molecule has 0 N–H and O–H groups in total. The van der Waals surface area contributed by atoms with Crippen LogP contribution in [0.1, 0.15) is 103 Å². The van der Waals surface area contributed by atoms with Gasteiger partial charge < -0.3 is 14.4 Å². The Bertz CT molecular complexity index is 406. The molecule has 0 spiro atoms. The van der Waals surface area contributed by atoms with Gasteiger partial charge in [-0.25, -0.2) is 0 Å². The molecule has 2 unspecified atom stereocenters. The van der Waals surface area contributed by atoms with Gasteiger partial charge in [0.15, 0.2) is 6.29 Å². The van der Waals surface area contributed by atoms with Crippen molar-refractivity contribution in [2.75, 3.05) is 27.2 Å². The number of rotatable bonds is 19. The van der Waals surface area contributed by atoms with Crippen molar-refractivity contribution in [1.29, 1.82) is 0 Å². The molecule has 0 aromatic heterocycles. The van der Waals surface area contributed by atoms with Crippen molar-refractivity contribution >= 4 is 0 Å². The Morgan fingerprint density at radius 2 is 1.41 bits per heavy atom. The Morgan fingerprint density at radius 3 is 2.10 bits per heavy atom. The number of nitrogens with zero attached hydrogens (tertiary/aromatic N) is 1. The molecular formula is C26H49NO2. The van der Waals surface area contributed by atoms with E-state index in [1.165, 1.54) is 77.0 Å². The molecule has 170 valence electrons. The third-order valence-electron chi connectivity index (χ3n) is 5.58. The van der Waals surface area contributed by atoms with Crippen molar-refractivity contribution in [1.82, 2.24) is 4.90 Å². The van der Waals surface area contributed by atoms with E-state index in [0.29, 0.717) is 6.10 Å². The van der Waals surface area contributed by atoms with E-state index in [4.69, 9.17) is 9.47 Å². The minimum atomic E-state index is 0.0604. The summed E-state index contributed by atoms with van der Waals surface area (Å²) in [5.74, 6) is 0. The Morgan fingerprint density at radius 1 is 0.759 bits per heavy atom. The summed E-state index contributed by atoms with van der Waals surface area (Å²) in [6, 6.07) is 0. The van der Waals surface area contributed by atoms with Crippen LogP contribution in [0.3, 0.4) is 0 Å². The average Bonchev–Trinajstić information content (AvgIpc) is 3.15. The van der Waals surface area contributed by atoms with E-state index < -0.39 is 0 Å². The minimum Gasteiger partial charge on any atom is -0.350 e. The molecule has 0 amide bonds. The lowest BCUT2D eigenvalue weighted by Gasteiger charge is -2.13. The highest BCUT2D eigenvalue weighted by atomic mass is 16.7. The second kappa shape index (κ2) is 19.3. The lowest BCUT2D eigenvalue weighted by molar-refractivity contribution is -0.0644. The van der Waals surface area contributed by atoms with Gasteiger partial charge in [0.2, 0.25) is 0 Å². The van der Waals surface area contributed by atoms with Gasteiger partial charge in [0, 0.05) is 0 Å². The van der Waals surface area contributed by atoms with Gasteiger partial charge in [-0.3, -0.25) is 0 Å². The second-order valence-electron chi connectivity index (χ2n) is 8.84. The van der Waals surface area contributed by atoms with Gasteiger partial charge in [0.25, 0.3) is 0 Å². The summed E-state index contributed by atoms with van der Waals surface area (Å²) < 4.78 is 11.8. The third kappa shape index (κ3) is 16.8. The summed E-state index contributed by atoms with van der Waals surface area (Å²) in [5, 5.41) is 0. The van der Waals surface area contributed by atoms with Crippen LogP contribution in [-0.4, -0.2) is 44.5 Å². The second-order valence-corrected chi connectivity index (χ2v) is 8.84. The van der Waals surface area contributed by atoms with Crippen LogP contribution in [0.15, 0.2) is 24.3 Å². The summed E-state index contributed by atoms with van der Waals surface area (Å²) >= 11 is 0. The lowest BCUT2D eigenvalue weighted by atomic mass is 10.1. The topological polar surface area (TPSA) is 21.7 Å². The first-order valence-electron chi connectivity index (χ1n) is 12.4. The Kier molecular flexibility index (Phi) is 17.6. The zero-order chi connectivity index (χ0) is 21.0. The van der Waals surface area contributed by atoms with Gasteiger partial charge in [-0.1, -0.05) is 69.8 Å². The molecule has 29 heavy (non-hydrogen) atoms. The predicted octanol–water partition coefficient (Wildman–Crippen LogP) is 7.27. The molecule has 1 saturated heterocycles. The largest absolute Gasteiger partial charge is 0.350 e. The van der Waals surface area contributed by atoms with Crippen LogP contribution in [-0.2, 0) is 9.47 Å². The van der Waals surface area contributed by atoms with E-state index in [9.17, 15) is 0 Å². The van der Waals surface area contributed by atoms with Gasteiger partial charge in [0.1, 0.15) is 0 Å².